The van der Waals surface area contributed by atoms with Gasteiger partial charge < -0.3 is 15.9 Å². The summed E-state index contributed by atoms with van der Waals surface area (Å²) < 4.78 is 12.9. The average Bonchev–Trinajstić information content (AvgIpc) is 2.18. The molecule has 0 fully saturated rings. The standard InChI is InChI=1S/C10H14FNO2.ClH/c11-8-6-7(3-4-10(8)14)9(12)2-1-5-13;/h3-4,6,9,13-14H,1-2,5,12H2;1H/t9-;/m0./s1. The van der Waals surface area contributed by atoms with Gasteiger partial charge in [0.2, 0.25) is 0 Å². The van der Waals surface area contributed by atoms with Crippen LogP contribution in [0.25, 0.3) is 0 Å². The Kier molecular flexibility index (Phi) is 6.24. The highest BCUT2D eigenvalue weighted by Crippen LogP contribution is 2.21. The van der Waals surface area contributed by atoms with Gasteiger partial charge in [-0.2, -0.15) is 0 Å². The van der Waals surface area contributed by atoms with Crippen LogP contribution in [-0.2, 0) is 0 Å². The molecule has 0 aromatic heterocycles. The number of phenolic OH excluding ortho intramolecular Hbond substituents is 1. The number of benzene rings is 1. The smallest absolute Gasteiger partial charge is 0.165 e. The molecule has 86 valence electrons. The van der Waals surface area contributed by atoms with Crippen LogP contribution in [-0.4, -0.2) is 16.8 Å². The second-order valence-corrected chi connectivity index (χ2v) is 3.18. The minimum Gasteiger partial charge on any atom is -0.505 e. The lowest BCUT2D eigenvalue weighted by molar-refractivity contribution is 0.280. The first kappa shape index (κ1) is 14.2. The third kappa shape index (κ3) is 4.03. The summed E-state index contributed by atoms with van der Waals surface area (Å²) in [6.07, 6.45) is 1.18. The number of phenols is 1. The van der Waals surface area contributed by atoms with Gasteiger partial charge in [0.05, 0.1) is 0 Å². The van der Waals surface area contributed by atoms with Gasteiger partial charge in [0, 0.05) is 12.6 Å². The molecule has 3 nitrogen and oxygen atoms in total. The molecule has 1 rings (SSSR count). The number of halogens is 2. The summed E-state index contributed by atoms with van der Waals surface area (Å²) in [4.78, 5) is 0. The van der Waals surface area contributed by atoms with Gasteiger partial charge in [0.1, 0.15) is 0 Å². The summed E-state index contributed by atoms with van der Waals surface area (Å²) in [6, 6.07) is 3.79. The fraction of sp³-hybridized carbons (Fsp3) is 0.400. The van der Waals surface area contributed by atoms with E-state index in [1.54, 1.807) is 6.07 Å². The van der Waals surface area contributed by atoms with Gasteiger partial charge in [0.25, 0.3) is 0 Å². The summed E-state index contributed by atoms with van der Waals surface area (Å²) >= 11 is 0. The zero-order valence-electron chi connectivity index (χ0n) is 8.19. The molecule has 0 unspecified atom stereocenters. The van der Waals surface area contributed by atoms with E-state index in [2.05, 4.69) is 0 Å². The predicted octanol–water partition coefficient (Wildman–Crippen LogP) is 1.73. The second kappa shape index (κ2) is 6.61. The largest absolute Gasteiger partial charge is 0.505 e. The van der Waals surface area contributed by atoms with E-state index in [9.17, 15) is 4.39 Å². The zero-order chi connectivity index (χ0) is 10.6. The molecule has 1 atom stereocenters. The lowest BCUT2D eigenvalue weighted by Gasteiger charge is -2.11. The number of hydrogen-bond acceptors (Lipinski definition) is 3. The summed E-state index contributed by atoms with van der Waals surface area (Å²) in [5, 5.41) is 17.5. The van der Waals surface area contributed by atoms with E-state index in [-0.39, 0.29) is 30.8 Å². The third-order valence-electron chi connectivity index (χ3n) is 2.07. The summed E-state index contributed by atoms with van der Waals surface area (Å²) in [5.74, 6) is -1.04. The van der Waals surface area contributed by atoms with E-state index in [1.807, 2.05) is 0 Å². The van der Waals surface area contributed by atoms with Crippen molar-refractivity contribution in [3.05, 3.63) is 29.6 Å². The number of rotatable bonds is 4. The third-order valence-corrected chi connectivity index (χ3v) is 2.07. The Labute approximate surface area is 94.1 Å². The van der Waals surface area contributed by atoms with Crippen molar-refractivity contribution in [2.45, 2.75) is 18.9 Å². The van der Waals surface area contributed by atoms with Gasteiger partial charge in [-0.05, 0) is 30.5 Å². The van der Waals surface area contributed by atoms with E-state index >= 15 is 0 Å². The van der Waals surface area contributed by atoms with Gasteiger partial charge in [-0.3, -0.25) is 0 Å². The van der Waals surface area contributed by atoms with E-state index in [0.717, 1.165) is 0 Å². The molecule has 0 saturated carbocycles. The maximum absolute atomic E-state index is 12.9. The molecule has 0 aliphatic carbocycles. The molecule has 0 aliphatic rings. The minimum atomic E-state index is -0.665. The summed E-state index contributed by atoms with van der Waals surface area (Å²) in [5.41, 5.74) is 6.37. The van der Waals surface area contributed by atoms with Crippen LogP contribution in [0.3, 0.4) is 0 Å². The van der Waals surface area contributed by atoms with Crippen LogP contribution in [0.1, 0.15) is 24.4 Å². The molecule has 0 heterocycles. The van der Waals surface area contributed by atoms with Crippen molar-refractivity contribution < 1.29 is 14.6 Å². The van der Waals surface area contributed by atoms with Gasteiger partial charge >= 0.3 is 0 Å². The number of aliphatic hydroxyl groups is 1. The Morgan fingerprint density at radius 3 is 2.60 bits per heavy atom. The first-order valence-electron chi connectivity index (χ1n) is 4.50. The van der Waals surface area contributed by atoms with Crippen molar-refractivity contribution in [3.8, 4) is 5.75 Å². The van der Waals surface area contributed by atoms with Gasteiger partial charge in [-0.15, -0.1) is 12.4 Å². The topological polar surface area (TPSA) is 66.5 Å². The zero-order valence-corrected chi connectivity index (χ0v) is 9.01. The highest BCUT2D eigenvalue weighted by molar-refractivity contribution is 5.85. The van der Waals surface area contributed by atoms with E-state index in [1.165, 1.54) is 12.1 Å². The van der Waals surface area contributed by atoms with Crippen LogP contribution in [0.2, 0.25) is 0 Å². The molecule has 0 radical (unpaired) electrons. The minimum absolute atomic E-state index is 0. The van der Waals surface area contributed by atoms with Crippen molar-refractivity contribution in [1.82, 2.24) is 0 Å². The van der Waals surface area contributed by atoms with Gasteiger partial charge in [0.15, 0.2) is 11.6 Å². The Morgan fingerprint density at radius 2 is 2.07 bits per heavy atom. The molecule has 5 heteroatoms. The van der Waals surface area contributed by atoms with Crippen molar-refractivity contribution in [1.29, 1.82) is 0 Å². The molecule has 0 saturated heterocycles. The molecule has 0 amide bonds. The average molecular weight is 236 g/mol. The van der Waals surface area contributed by atoms with Crippen LogP contribution in [0, 0.1) is 5.82 Å². The Bertz CT molecular complexity index is 309. The molecule has 1 aromatic carbocycles. The van der Waals surface area contributed by atoms with Crippen LogP contribution in [0.15, 0.2) is 18.2 Å². The van der Waals surface area contributed by atoms with Crippen molar-refractivity contribution in [2.75, 3.05) is 6.61 Å². The van der Waals surface area contributed by atoms with Crippen LogP contribution < -0.4 is 5.73 Å². The van der Waals surface area contributed by atoms with E-state index in [0.29, 0.717) is 18.4 Å². The monoisotopic (exact) mass is 235 g/mol. The molecular weight excluding hydrogens is 221 g/mol. The number of hydrogen-bond donors (Lipinski definition) is 3. The maximum Gasteiger partial charge on any atom is 0.165 e. The van der Waals surface area contributed by atoms with E-state index in [4.69, 9.17) is 15.9 Å². The summed E-state index contributed by atoms with van der Waals surface area (Å²) in [7, 11) is 0. The van der Waals surface area contributed by atoms with Gasteiger partial charge in [-0.1, -0.05) is 6.07 Å². The molecule has 15 heavy (non-hydrogen) atoms. The number of aliphatic hydroxyl groups excluding tert-OH is 1. The SMILES string of the molecule is Cl.N[C@@H](CCCO)c1ccc(O)c(F)c1. The predicted molar refractivity (Wildman–Crippen MR) is 58.6 cm³/mol. The Hall–Kier alpha value is -0.840. The normalized spacial score (nSPS) is 11.9. The van der Waals surface area contributed by atoms with Crippen LogP contribution in [0.5, 0.6) is 5.75 Å². The molecular formula is C10H15ClFNO2. The highest BCUT2D eigenvalue weighted by atomic mass is 35.5. The Balaban J connectivity index is 0.00000196. The molecule has 4 N–H and O–H groups in total. The number of nitrogens with two attached hydrogens (primary N) is 1. The van der Waals surface area contributed by atoms with Crippen molar-refractivity contribution in [3.63, 3.8) is 0 Å². The molecule has 1 aromatic rings. The molecule has 0 aliphatic heterocycles. The first-order chi connectivity index (χ1) is 6.65. The first-order valence-corrected chi connectivity index (χ1v) is 4.50. The molecule has 0 spiro atoms. The highest BCUT2D eigenvalue weighted by Gasteiger charge is 2.08. The quantitative estimate of drug-likeness (QED) is 0.745. The van der Waals surface area contributed by atoms with Crippen molar-refractivity contribution in [2.24, 2.45) is 5.73 Å². The second-order valence-electron chi connectivity index (χ2n) is 3.18. The fourth-order valence-corrected chi connectivity index (χ4v) is 1.23. The lowest BCUT2D eigenvalue weighted by Crippen LogP contribution is -2.10. The Morgan fingerprint density at radius 1 is 1.40 bits per heavy atom. The van der Waals surface area contributed by atoms with Crippen molar-refractivity contribution >= 4 is 12.4 Å². The molecule has 0 bridgehead atoms. The van der Waals surface area contributed by atoms with Gasteiger partial charge in [-0.25, -0.2) is 4.39 Å². The van der Waals surface area contributed by atoms with E-state index < -0.39 is 5.82 Å². The lowest BCUT2D eigenvalue weighted by atomic mass is 10.0. The summed E-state index contributed by atoms with van der Waals surface area (Å²) in [6.45, 7) is 0.0776. The number of aromatic hydroxyl groups is 1. The maximum atomic E-state index is 12.9. The fourth-order valence-electron chi connectivity index (χ4n) is 1.23. The van der Waals surface area contributed by atoms with Crippen LogP contribution in [0.4, 0.5) is 4.39 Å². The van der Waals surface area contributed by atoms with Crippen LogP contribution >= 0.6 is 12.4 Å².